The lowest BCUT2D eigenvalue weighted by Gasteiger charge is -2.06. The Kier molecular flexibility index (Phi) is 4.86. The minimum absolute atomic E-state index is 0.0471. The monoisotopic (exact) mass is 250 g/mol. The Bertz CT molecular complexity index is 483. The van der Waals surface area contributed by atoms with E-state index < -0.39 is 10.9 Å². The molecule has 0 aliphatic rings. The van der Waals surface area contributed by atoms with Crippen LogP contribution < -0.4 is 5.32 Å². The molecule has 1 rings (SSSR count). The molecular formula is C12H14N2O4. The van der Waals surface area contributed by atoms with Crippen molar-refractivity contribution in [2.75, 3.05) is 11.9 Å². The van der Waals surface area contributed by atoms with Crippen LogP contribution in [0.2, 0.25) is 0 Å². The van der Waals surface area contributed by atoms with E-state index in [-0.39, 0.29) is 12.3 Å². The molecule has 0 aliphatic heterocycles. The van der Waals surface area contributed by atoms with Gasteiger partial charge < -0.3 is 10.1 Å². The Labute approximate surface area is 104 Å². The van der Waals surface area contributed by atoms with Gasteiger partial charge in [-0.25, -0.2) is 4.79 Å². The van der Waals surface area contributed by atoms with Crippen LogP contribution in [0.1, 0.15) is 13.8 Å². The average Bonchev–Trinajstić information content (AvgIpc) is 2.29. The number of nitrogens with zero attached hydrogens (tertiary/aromatic N) is 1. The van der Waals surface area contributed by atoms with Crippen LogP contribution in [-0.2, 0) is 9.53 Å². The minimum atomic E-state index is -0.486. The molecular weight excluding hydrogens is 236 g/mol. The Balaban J connectivity index is 2.85. The summed E-state index contributed by atoms with van der Waals surface area (Å²) in [7, 11) is 0. The summed E-state index contributed by atoms with van der Waals surface area (Å²) in [6.45, 7) is 3.62. The van der Waals surface area contributed by atoms with Crippen molar-refractivity contribution in [3.63, 3.8) is 0 Å². The van der Waals surface area contributed by atoms with Crippen LogP contribution in [-0.4, -0.2) is 17.5 Å². The lowest BCUT2D eigenvalue weighted by atomic mass is 10.2. The zero-order valence-electron chi connectivity index (χ0n) is 10.2. The smallest absolute Gasteiger partial charge is 0.332 e. The molecule has 0 atom stereocenters. The molecule has 18 heavy (non-hydrogen) atoms. The lowest BCUT2D eigenvalue weighted by Crippen LogP contribution is -2.05. The highest BCUT2D eigenvalue weighted by Gasteiger charge is 2.12. The SMILES string of the molecule is CCOC(=O)/C=C(/C)Nc1ccccc1[N+](=O)[O-]. The van der Waals surface area contributed by atoms with Gasteiger partial charge in [-0.2, -0.15) is 0 Å². The number of anilines is 1. The van der Waals surface area contributed by atoms with Crippen molar-refractivity contribution in [2.45, 2.75) is 13.8 Å². The zero-order valence-corrected chi connectivity index (χ0v) is 10.2. The van der Waals surface area contributed by atoms with E-state index in [0.29, 0.717) is 11.4 Å². The summed E-state index contributed by atoms with van der Waals surface area (Å²) in [6, 6.07) is 6.21. The maximum absolute atomic E-state index is 11.2. The first-order valence-corrected chi connectivity index (χ1v) is 5.40. The molecule has 1 aromatic rings. The van der Waals surface area contributed by atoms with Crippen LogP contribution in [0, 0.1) is 10.1 Å². The number of para-hydroxylation sites is 2. The number of allylic oxidation sites excluding steroid dienone is 1. The molecule has 6 heteroatoms. The van der Waals surface area contributed by atoms with Gasteiger partial charge in [-0.15, -0.1) is 0 Å². The van der Waals surface area contributed by atoms with Crippen molar-refractivity contribution in [1.82, 2.24) is 0 Å². The maximum Gasteiger partial charge on any atom is 0.332 e. The molecule has 0 spiro atoms. The van der Waals surface area contributed by atoms with E-state index in [4.69, 9.17) is 4.74 Å². The van der Waals surface area contributed by atoms with Gasteiger partial charge in [-0.3, -0.25) is 10.1 Å². The number of esters is 1. The Morgan fingerprint density at radius 2 is 2.17 bits per heavy atom. The van der Waals surface area contributed by atoms with E-state index in [9.17, 15) is 14.9 Å². The number of hydrogen-bond acceptors (Lipinski definition) is 5. The van der Waals surface area contributed by atoms with Crippen molar-refractivity contribution >= 4 is 17.3 Å². The number of ether oxygens (including phenoxy) is 1. The van der Waals surface area contributed by atoms with Crippen LogP contribution in [0.4, 0.5) is 11.4 Å². The van der Waals surface area contributed by atoms with Crippen LogP contribution in [0.15, 0.2) is 36.0 Å². The first kappa shape index (κ1) is 13.7. The first-order chi connectivity index (χ1) is 8.54. The highest BCUT2D eigenvalue weighted by molar-refractivity contribution is 5.83. The second-order valence-corrected chi connectivity index (χ2v) is 3.48. The molecule has 96 valence electrons. The second-order valence-electron chi connectivity index (χ2n) is 3.48. The van der Waals surface area contributed by atoms with Crippen molar-refractivity contribution in [1.29, 1.82) is 0 Å². The van der Waals surface area contributed by atoms with Gasteiger partial charge in [-0.1, -0.05) is 12.1 Å². The van der Waals surface area contributed by atoms with E-state index in [1.54, 1.807) is 32.0 Å². The summed E-state index contributed by atoms with van der Waals surface area (Å²) in [6.07, 6.45) is 1.25. The fraction of sp³-hybridized carbons (Fsp3) is 0.250. The van der Waals surface area contributed by atoms with Crippen LogP contribution in [0.5, 0.6) is 0 Å². The topological polar surface area (TPSA) is 81.5 Å². The molecule has 0 aromatic heterocycles. The average molecular weight is 250 g/mol. The van der Waals surface area contributed by atoms with Gasteiger partial charge in [0.2, 0.25) is 0 Å². The molecule has 0 fully saturated rings. The minimum Gasteiger partial charge on any atom is -0.463 e. The van der Waals surface area contributed by atoms with Gasteiger partial charge in [-0.05, 0) is 19.9 Å². The number of nitrogens with one attached hydrogen (secondary N) is 1. The molecule has 6 nitrogen and oxygen atoms in total. The molecule has 0 aliphatic carbocycles. The van der Waals surface area contributed by atoms with Gasteiger partial charge in [0.15, 0.2) is 0 Å². The van der Waals surface area contributed by atoms with E-state index in [1.807, 2.05) is 0 Å². The molecule has 1 aromatic carbocycles. The largest absolute Gasteiger partial charge is 0.463 e. The van der Waals surface area contributed by atoms with E-state index in [0.717, 1.165) is 0 Å². The summed E-state index contributed by atoms with van der Waals surface area (Å²) in [5, 5.41) is 13.6. The predicted octanol–water partition coefficient (Wildman–Crippen LogP) is 2.47. The van der Waals surface area contributed by atoms with Gasteiger partial charge in [0.1, 0.15) is 5.69 Å². The van der Waals surface area contributed by atoms with Crippen molar-refractivity contribution in [3.8, 4) is 0 Å². The van der Waals surface area contributed by atoms with E-state index >= 15 is 0 Å². The summed E-state index contributed by atoms with van der Waals surface area (Å²) < 4.78 is 4.74. The molecule has 0 saturated heterocycles. The number of benzene rings is 1. The third-order valence-electron chi connectivity index (χ3n) is 2.05. The molecule has 0 heterocycles. The molecule has 0 bridgehead atoms. The second kappa shape index (κ2) is 6.39. The summed E-state index contributed by atoms with van der Waals surface area (Å²) >= 11 is 0. The lowest BCUT2D eigenvalue weighted by molar-refractivity contribution is -0.383. The highest BCUT2D eigenvalue weighted by Crippen LogP contribution is 2.24. The normalized spacial score (nSPS) is 10.9. The molecule has 0 radical (unpaired) electrons. The van der Waals surface area contributed by atoms with Crippen molar-refractivity contribution in [2.24, 2.45) is 0 Å². The van der Waals surface area contributed by atoms with Gasteiger partial charge in [0.05, 0.1) is 11.5 Å². The highest BCUT2D eigenvalue weighted by atomic mass is 16.6. The maximum atomic E-state index is 11.2. The van der Waals surface area contributed by atoms with E-state index in [1.165, 1.54) is 12.1 Å². The third-order valence-corrected chi connectivity index (χ3v) is 2.05. The summed E-state index contributed by atoms with van der Waals surface area (Å²) in [4.78, 5) is 21.5. The Morgan fingerprint density at radius 1 is 1.50 bits per heavy atom. The van der Waals surface area contributed by atoms with Crippen LogP contribution in [0.3, 0.4) is 0 Å². The molecule has 0 amide bonds. The fourth-order valence-electron chi connectivity index (χ4n) is 1.35. The standard InChI is InChI=1S/C12H14N2O4/c1-3-18-12(15)8-9(2)13-10-6-4-5-7-11(10)14(16)17/h4-8,13H,3H2,1-2H3/b9-8-. The number of rotatable bonds is 5. The number of carbonyl (C=O) groups is 1. The number of nitro groups is 1. The Morgan fingerprint density at radius 3 is 2.78 bits per heavy atom. The van der Waals surface area contributed by atoms with Crippen molar-refractivity contribution in [3.05, 3.63) is 46.2 Å². The third kappa shape index (κ3) is 3.89. The van der Waals surface area contributed by atoms with Crippen LogP contribution in [0.25, 0.3) is 0 Å². The number of hydrogen-bond donors (Lipinski definition) is 1. The molecule has 0 unspecified atom stereocenters. The van der Waals surface area contributed by atoms with E-state index in [2.05, 4.69) is 5.32 Å². The van der Waals surface area contributed by atoms with Crippen LogP contribution >= 0.6 is 0 Å². The number of carbonyl (C=O) groups excluding carboxylic acids is 1. The molecule has 1 N–H and O–H groups in total. The first-order valence-electron chi connectivity index (χ1n) is 5.40. The Hall–Kier alpha value is -2.37. The predicted molar refractivity (Wildman–Crippen MR) is 67.1 cm³/mol. The summed E-state index contributed by atoms with van der Waals surface area (Å²) in [5.41, 5.74) is 0.761. The summed E-state index contributed by atoms with van der Waals surface area (Å²) in [5.74, 6) is -0.485. The quantitative estimate of drug-likeness (QED) is 0.375. The zero-order chi connectivity index (χ0) is 13.5. The fourth-order valence-corrected chi connectivity index (χ4v) is 1.35. The van der Waals surface area contributed by atoms with Crippen molar-refractivity contribution < 1.29 is 14.5 Å². The number of nitro benzene ring substituents is 1. The molecule has 0 saturated carbocycles. The van der Waals surface area contributed by atoms with Gasteiger partial charge >= 0.3 is 5.97 Å². The van der Waals surface area contributed by atoms with Gasteiger partial charge in [0.25, 0.3) is 5.69 Å². The van der Waals surface area contributed by atoms with Gasteiger partial charge in [0, 0.05) is 17.8 Å².